The lowest BCUT2D eigenvalue weighted by molar-refractivity contribution is -0.117. The van der Waals surface area contributed by atoms with Crippen molar-refractivity contribution in [3.63, 3.8) is 0 Å². The van der Waals surface area contributed by atoms with Gasteiger partial charge in [-0.25, -0.2) is 0 Å². The minimum atomic E-state index is 0.0101. The molecular weight excluding hydrogens is 314 g/mol. The Hall–Kier alpha value is -1.09. The van der Waals surface area contributed by atoms with E-state index in [0.717, 1.165) is 16.5 Å². The Labute approximate surface area is 129 Å². The molecule has 1 saturated carbocycles. The van der Waals surface area contributed by atoms with Crippen molar-refractivity contribution in [2.24, 2.45) is 11.8 Å². The molecule has 1 amide bonds. The molecule has 0 heterocycles. The minimum absolute atomic E-state index is 0.0101. The molecule has 2 rings (SSSR count). The summed E-state index contributed by atoms with van der Waals surface area (Å²) in [6.45, 7) is 4.52. The van der Waals surface area contributed by atoms with Crippen LogP contribution in [0.1, 0.15) is 38.7 Å². The average Bonchev–Trinajstić information content (AvgIpc) is 2.42. The van der Waals surface area contributed by atoms with Gasteiger partial charge < -0.3 is 5.32 Å². The Morgan fingerprint density at radius 2 is 2.15 bits per heavy atom. The first kappa shape index (κ1) is 15.3. The highest BCUT2D eigenvalue weighted by Gasteiger charge is 2.27. The van der Waals surface area contributed by atoms with Gasteiger partial charge in [0, 0.05) is 16.6 Å². The molecule has 1 aliphatic rings. The summed E-state index contributed by atoms with van der Waals surface area (Å²) < 4.78 is 1.02. The van der Waals surface area contributed by atoms with Crippen molar-refractivity contribution in [3.05, 3.63) is 40.4 Å². The molecule has 0 aliphatic heterocycles. The summed E-state index contributed by atoms with van der Waals surface area (Å²) >= 11 is 3.43. The fraction of sp³-hybridized carbons (Fsp3) is 0.471. The molecule has 0 radical (unpaired) electrons. The number of carbonyl (C=O) groups excluding carboxylic acids is 1. The summed E-state index contributed by atoms with van der Waals surface area (Å²) in [5.74, 6) is 1.27. The molecule has 0 spiro atoms. The van der Waals surface area contributed by atoms with Gasteiger partial charge in [0.25, 0.3) is 0 Å². The first-order valence-electron chi connectivity index (χ1n) is 7.30. The molecule has 1 aromatic carbocycles. The largest absolute Gasteiger partial charge is 0.350 e. The third-order valence-electron chi connectivity index (χ3n) is 4.31. The summed E-state index contributed by atoms with van der Waals surface area (Å²) in [5.41, 5.74) is 1.03. The Morgan fingerprint density at radius 1 is 1.35 bits per heavy atom. The van der Waals surface area contributed by atoms with Crippen LogP contribution in [-0.4, -0.2) is 11.9 Å². The van der Waals surface area contributed by atoms with E-state index in [1.54, 1.807) is 6.08 Å². The number of rotatable bonds is 3. The Bertz CT molecular complexity index is 498. The lowest BCUT2D eigenvalue weighted by atomic mass is 9.78. The van der Waals surface area contributed by atoms with Gasteiger partial charge in [-0.05, 0) is 42.0 Å². The van der Waals surface area contributed by atoms with Crippen molar-refractivity contribution >= 4 is 27.9 Å². The Morgan fingerprint density at radius 3 is 2.90 bits per heavy atom. The molecule has 3 atom stereocenters. The van der Waals surface area contributed by atoms with Crippen LogP contribution in [0.5, 0.6) is 0 Å². The van der Waals surface area contributed by atoms with Crippen LogP contribution in [0.25, 0.3) is 6.08 Å². The molecule has 0 unspecified atom stereocenters. The smallest absolute Gasteiger partial charge is 0.244 e. The van der Waals surface area contributed by atoms with Crippen LogP contribution in [0.3, 0.4) is 0 Å². The summed E-state index contributed by atoms with van der Waals surface area (Å²) in [5, 5.41) is 3.15. The maximum atomic E-state index is 12.0. The van der Waals surface area contributed by atoms with Gasteiger partial charge >= 0.3 is 0 Å². The molecule has 1 N–H and O–H groups in total. The SMILES string of the molecule is C[C@@H]1[C@H](C)CCC[C@H]1NC(=O)/C=C/c1cccc(Br)c1. The van der Waals surface area contributed by atoms with Crippen molar-refractivity contribution < 1.29 is 4.79 Å². The Balaban J connectivity index is 1.92. The number of nitrogens with one attached hydrogen (secondary N) is 1. The maximum absolute atomic E-state index is 12.0. The predicted octanol–water partition coefficient (Wildman–Crippen LogP) is 4.40. The summed E-state index contributed by atoms with van der Waals surface area (Å²) in [4.78, 5) is 12.0. The van der Waals surface area contributed by atoms with Crippen LogP contribution in [0, 0.1) is 11.8 Å². The van der Waals surface area contributed by atoms with E-state index in [0.29, 0.717) is 17.9 Å². The maximum Gasteiger partial charge on any atom is 0.244 e. The molecule has 0 saturated heterocycles. The zero-order chi connectivity index (χ0) is 14.5. The number of halogens is 1. The molecule has 20 heavy (non-hydrogen) atoms. The van der Waals surface area contributed by atoms with Crippen LogP contribution in [0.4, 0.5) is 0 Å². The average molecular weight is 336 g/mol. The number of benzene rings is 1. The normalized spacial score (nSPS) is 26.6. The van der Waals surface area contributed by atoms with E-state index in [9.17, 15) is 4.79 Å². The highest BCUT2D eigenvalue weighted by molar-refractivity contribution is 9.10. The topological polar surface area (TPSA) is 29.1 Å². The van der Waals surface area contributed by atoms with Crippen LogP contribution in [-0.2, 0) is 4.79 Å². The van der Waals surface area contributed by atoms with Crippen molar-refractivity contribution in [2.75, 3.05) is 0 Å². The fourth-order valence-corrected chi connectivity index (χ4v) is 3.22. The van der Waals surface area contributed by atoms with Gasteiger partial charge in [0.05, 0.1) is 0 Å². The van der Waals surface area contributed by atoms with Gasteiger partial charge in [-0.3, -0.25) is 4.79 Å². The molecule has 2 nitrogen and oxygen atoms in total. The monoisotopic (exact) mass is 335 g/mol. The molecular formula is C17H22BrNO. The van der Waals surface area contributed by atoms with Gasteiger partial charge in [0.1, 0.15) is 0 Å². The van der Waals surface area contributed by atoms with Gasteiger partial charge in [0.2, 0.25) is 5.91 Å². The third kappa shape index (κ3) is 4.20. The molecule has 0 bridgehead atoms. The van der Waals surface area contributed by atoms with E-state index in [1.807, 2.05) is 30.3 Å². The van der Waals surface area contributed by atoms with E-state index in [-0.39, 0.29) is 5.91 Å². The highest BCUT2D eigenvalue weighted by Crippen LogP contribution is 2.29. The van der Waals surface area contributed by atoms with Crippen LogP contribution < -0.4 is 5.32 Å². The van der Waals surface area contributed by atoms with E-state index in [2.05, 4.69) is 35.1 Å². The van der Waals surface area contributed by atoms with Crippen LogP contribution >= 0.6 is 15.9 Å². The van der Waals surface area contributed by atoms with E-state index >= 15 is 0 Å². The fourth-order valence-electron chi connectivity index (χ4n) is 2.80. The summed E-state index contributed by atoms with van der Waals surface area (Å²) in [6.07, 6.45) is 7.08. The number of hydrogen-bond donors (Lipinski definition) is 1. The lowest BCUT2D eigenvalue weighted by Crippen LogP contribution is -2.43. The van der Waals surface area contributed by atoms with Crippen LogP contribution in [0.2, 0.25) is 0 Å². The van der Waals surface area contributed by atoms with Gasteiger partial charge in [-0.2, -0.15) is 0 Å². The second-order valence-electron chi connectivity index (χ2n) is 5.77. The van der Waals surface area contributed by atoms with Gasteiger partial charge in [-0.1, -0.05) is 54.8 Å². The summed E-state index contributed by atoms with van der Waals surface area (Å²) in [6, 6.07) is 8.24. The van der Waals surface area contributed by atoms with Crippen molar-refractivity contribution in [2.45, 2.75) is 39.2 Å². The zero-order valence-electron chi connectivity index (χ0n) is 12.1. The second-order valence-corrected chi connectivity index (χ2v) is 6.69. The number of hydrogen-bond acceptors (Lipinski definition) is 1. The molecule has 3 heteroatoms. The molecule has 1 aromatic rings. The number of amides is 1. The summed E-state index contributed by atoms with van der Waals surface area (Å²) in [7, 11) is 0. The predicted molar refractivity (Wildman–Crippen MR) is 87.3 cm³/mol. The standard InChI is InChI=1S/C17H22BrNO/c1-12-5-3-8-16(13(12)2)19-17(20)10-9-14-6-4-7-15(18)11-14/h4,6-7,9-13,16H,3,5,8H2,1-2H3,(H,19,20)/b10-9+/t12-,13-,16-/m1/s1. The van der Waals surface area contributed by atoms with E-state index < -0.39 is 0 Å². The quantitative estimate of drug-likeness (QED) is 0.814. The van der Waals surface area contributed by atoms with Gasteiger partial charge in [-0.15, -0.1) is 0 Å². The van der Waals surface area contributed by atoms with E-state index in [1.165, 1.54) is 12.8 Å². The molecule has 108 valence electrons. The highest BCUT2D eigenvalue weighted by atomic mass is 79.9. The minimum Gasteiger partial charge on any atom is -0.350 e. The second kappa shape index (κ2) is 7.07. The van der Waals surface area contributed by atoms with Crippen molar-refractivity contribution in [1.82, 2.24) is 5.32 Å². The lowest BCUT2D eigenvalue weighted by Gasteiger charge is -2.34. The van der Waals surface area contributed by atoms with Crippen molar-refractivity contribution in [3.8, 4) is 0 Å². The number of carbonyl (C=O) groups is 1. The zero-order valence-corrected chi connectivity index (χ0v) is 13.7. The van der Waals surface area contributed by atoms with E-state index in [4.69, 9.17) is 0 Å². The van der Waals surface area contributed by atoms with Gasteiger partial charge in [0.15, 0.2) is 0 Å². The third-order valence-corrected chi connectivity index (χ3v) is 4.80. The molecule has 0 aromatic heterocycles. The van der Waals surface area contributed by atoms with Crippen molar-refractivity contribution in [1.29, 1.82) is 0 Å². The molecule has 1 fully saturated rings. The van der Waals surface area contributed by atoms with Crippen LogP contribution in [0.15, 0.2) is 34.8 Å². The Kier molecular flexibility index (Phi) is 5.41. The first-order valence-corrected chi connectivity index (χ1v) is 8.09. The molecule has 1 aliphatic carbocycles. The first-order chi connectivity index (χ1) is 9.56.